The van der Waals surface area contributed by atoms with Crippen molar-refractivity contribution >= 4 is 59.6 Å². The van der Waals surface area contributed by atoms with E-state index in [2.05, 4.69) is 95.4 Å². The van der Waals surface area contributed by atoms with E-state index in [9.17, 15) is 10.5 Å². The molecule has 0 N–H and O–H groups in total. The lowest BCUT2D eigenvalue weighted by atomic mass is 9.98. The van der Waals surface area contributed by atoms with Crippen molar-refractivity contribution in [2.45, 2.75) is 0 Å². The Morgan fingerprint density at radius 3 is 1.28 bits per heavy atom. The summed E-state index contributed by atoms with van der Waals surface area (Å²) in [6.45, 7) is 0. The molecule has 2 aromatic heterocycles. The molecular formula is C40H21N3. The van der Waals surface area contributed by atoms with Crippen LogP contribution >= 0.6 is 0 Å². The molecule has 0 unspecified atom stereocenters. The maximum Gasteiger partial charge on any atom is 0.0991 e. The van der Waals surface area contributed by atoms with Crippen LogP contribution < -0.4 is 0 Å². The number of benzene rings is 7. The molecule has 3 nitrogen and oxygen atoms in total. The van der Waals surface area contributed by atoms with Gasteiger partial charge in [0.1, 0.15) is 0 Å². The fourth-order valence-corrected chi connectivity index (χ4v) is 6.80. The van der Waals surface area contributed by atoms with E-state index < -0.39 is 0 Å². The van der Waals surface area contributed by atoms with Crippen molar-refractivity contribution in [3.63, 3.8) is 0 Å². The Morgan fingerprint density at radius 1 is 0.395 bits per heavy atom. The minimum absolute atomic E-state index is 0.667. The van der Waals surface area contributed by atoms with Gasteiger partial charge in [0, 0.05) is 21.5 Å². The molecule has 0 amide bonds. The van der Waals surface area contributed by atoms with E-state index in [4.69, 9.17) is 0 Å². The van der Waals surface area contributed by atoms with Crippen LogP contribution in [0, 0.1) is 22.7 Å². The zero-order valence-corrected chi connectivity index (χ0v) is 23.0. The summed E-state index contributed by atoms with van der Waals surface area (Å²) in [5, 5.41) is 28.3. The molecule has 0 radical (unpaired) electrons. The SMILES string of the molecule is N#Cc1ccc(-c2ccc3cc4c5cccc6c7cc8ccc(-c9ccc(C#N)cc9)cc8cc7n(c4cc3c2)c56)cc1. The Morgan fingerprint density at radius 2 is 0.837 bits per heavy atom. The van der Waals surface area contributed by atoms with Gasteiger partial charge in [-0.2, -0.15) is 10.5 Å². The highest BCUT2D eigenvalue weighted by atomic mass is 14.9. The van der Waals surface area contributed by atoms with E-state index in [1.807, 2.05) is 48.5 Å². The number of rotatable bonds is 2. The van der Waals surface area contributed by atoms with E-state index >= 15 is 0 Å². The molecule has 0 spiro atoms. The van der Waals surface area contributed by atoms with Crippen molar-refractivity contribution in [1.29, 1.82) is 10.5 Å². The van der Waals surface area contributed by atoms with Crippen molar-refractivity contribution in [1.82, 2.24) is 4.40 Å². The smallest absolute Gasteiger partial charge is 0.0991 e. The van der Waals surface area contributed by atoms with Crippen LogP contribution in [0.1, 0.15) is 11.1 Å². The normalized spacial score (nSPS) is 11.7. The summed E-state index contributed by atoms with van der Waals surface area (Å²) in [7, 11) is 0. The fourth-order valence-electron chi connectivity index (χ4n) is 6.80. The van der Waals surface area contributed by atoms with Gasteiger partial charge in [-0.1, -0.05) is 66.7 Å². The maximum absolute atomic E-state index is 9.20. The topological polar surface area (TPSA) is 52.0 Å². The van der Waals surface area contributed by atoms with Gasteiger partial charge in [-0.3, -0.25) is 0 Å². The van der Waals surface area contributed by atoms with E-state index in [0.29, 0.717) is 11.1 Å². The molecule has 0 fully saturated rings. The minimum atomic E-state index is 0.667. The highest BCUT2D eigenvalue weighted by Crippen LogP contribution is 2.42. The molecular weight excluding hydrogens is 522 g/mol. The van der Waals surface area contributed by atoms with Crippen LogP contribution in [-0.2, 0) is 0 Å². The van der Waals surface area contributed by atoms with Crippen LogP contribution in [0.25, 0.3) is 81.9 Å². The summed E-state index contributed by atoms with van der Waals surface area (Å²) >= 11 is 0. The van der Waals surface area contributed by atoms with Crippen molar-refractivity contribution in [3.05, 3.63) is 139 Å². The van der Waals surface area contributed by atoms with Crippen molar-refractivity contribution in [2.75, 3.05) is 0 Å². The van der Waals surface area contributed by atoms with E-state index in [1.54, 1.807) is 0 Å². The van der Waals surface area contributed by atoms with Gasteiger partial charge in [-0.05, 0) is 104 Å². The van der Waals surface area contributed by atoms with Crippen LogP contribution in [-0.4, -0.2) is 4.40 Å². The Hall–Kier alpha value is -6.16. The van der Waals surface area contributed by atoms with Crippen LogP contribution in [0.15, 0.2) is 127 Å². The quantitative estimate of drug-likeness (QED) is 0.218. The Kier molecular flexibility index (Phi) is 4.74. The number of nitriles is 2. The van der Waals surface area contributed by atoms with E-state index in [-0.39, 0.29) is 0 Å². The predicted octanol–water partition coefficient (Wildman–Crippen LogP) is 10.2. The highest BCUT2D eigenvalue weighted by Gasteiger charge is 2.18. The summed E-state index contributed by atoms with van der Waals surface area (Å²) in [6, 6.07) is 49.2. The molecule has 196 valence electrons. The minimum Gasteiger partial charge on any atom is -0.308 e. The Bertz CT molecular complexity index is 2480. The monoisotopic (exact) mass is 543 g/mol. The molecule has 0 atom stereocenters. The molecule has 0 bridgehead atoms. The van der Waals surface area contributed by atoms with Crippen LogP contribution in [0.4, 0.5) is 0 Å². The van der Waals surface area contributed by atoms with Crippen molar-refractivity contribution in [3.8, 4) is 34.4 Å². The third kappa shape index (κ3) is 3.40. The van der Waals surface area contributed by atoms with Crippen LogP contribution in [0.2, 0.25) is 0 Å². The van der Waals surface area contributed by atoms with Gasteiger partial charge in [0.15, 0.2) is 0 Å². The Labute approximate surface area is 247 Å². The van der Waals surface area contributed by atoms with Gasteiger partial charge in [-0.15, -0.1) is 0 Å². The summed E-state index contributed by atoms with van der Waals surface area (Å²) < 4.78 is 2.44. The number of fused-ring (bicyclic) bond motifs is 8. The first-order valence-corrected chi connectivity index (χ1v) is 14.3. The molecule has 0 saturated carbocycles. The predicted molar refractivity (Wildman–Crippen MR) is 176 cm³/mol. The van der Waals surface area contributed by atoms with Gasteiger partial charge < -0.3 is 4.40 Å². The molecule has 0 aliphatic heterocycles. The van der Waals surface area contributed by atoms with Crippen LogP contribution in [0.5, 0.6) is 0 Å². The second kappa shape index (κ2) is 8.67. The van der Waals surface area contributed by atoms with Gasteiger partial charge in [0.25, 0.3) is 0 Å². The summed E-state index contributed by atoms with van der Waals surface area (Å²) in [6.07, 6.45) is 0. The van der Waals surface area contributed by atoms with Gasteiger partial charge in [-0.25, -0.2) is 0 Å². The van der Waals surface area contributed by atoms with E-state index in [1.165, 1.54) is 59.6 Å². The molecule has 0 aliphatic rings. The summed E-state index contributed by atoms with van der Waals surface area (Å²) in [5.41, 5.74) is 9.47. The molecule has 2 heterocycles. The zero-order chi connectivity index (χ0) is 28.7. The Balaban J connectivity index is 1.30. The first kappa shape index (κ1) is 23.5. The summed E-state index contributed by atoms with van der Waals surface area (Å²) in [5.74, 6) is 0. The largest absolute Gasteiger partial charge is 0.308 e. The second-order valence-corrected chi connectivity index (χ2v) is 11.3. The first-order chi connectivity index (χ1) is 21.2. The number of nitrogens with zero attached hydrogens (tertiary/aromatic N) is 3. The summed E-state index contributed by atoms with van der Waals surface area (Å²) in [4.78, 5) is 0. The molecule has 3 heteroatoms. The maximum atomic E-state index is 9.20. The fraction of sp³-hybridized carbons (Fsp3) is 0. The lowest BCUT2D eigenvalue weighted by Crippen LogP contribution is -1.85. The highest BCUT2D eigenvalue weighted by molar-refractivity contribution is 6.26. The molecule has 9 rings (SSSR count). The molecule has 0 saturated heterocycles. The molecule has 7 aromatic carbocycles. The third-order valence-electron chi connectivity index (χ3n) is 8.93. The first-order valence-electron chi connectivity index (χ1n) is 14.3. The number of hydrogen-bond acceptors (Lipinski definition) is 2. The van der Waals surface area contributed by atoms with Crippen molar-refractivity contribution in [2.24, 2.45) is 0 Å². The molecule has 43 heavy (non-hydrogen) atoms. The molecule has 0 aliphatic carbocycles. The third-order valence-corrected chi connectivity index (χ3v) is 8.93. The van der Waals surface area contributed by atoms with Crippen LogP contribution in [0.3, 0.4) is 0 Å². The lowest BCUT2D eigenvalue weighted by molar-refractivity contribution is 1.38. The zero-order valence-electron chi connectivity index (χ0n) is 23.0. The number of aromatic nitrogens is 1. The van der Waals surface area contributed by atoms with Gasteiger partial charge >= 0.3 is 0 Å². The van der Waals surface area contributed by atoms with Gasteiger partial charge in [0.05, 0.1) is 39.8 Å². The average Bonchev–Trinajstić information content (AvgIpc) is 3.57. The second-order valence-electron chi connectivity index (χ2n) is 11.3. The number of hydrogen-bond donors (Lipinski definition) is 0. The van der Waals surface area contributed by atoms with E-state index in [0.717, 1.165) is 22.3 Å². The lowest BCUT2D eigenvalue weighted by Gasteiger charge is -2.07. The average molecular weight is 544 g/mol. The van der Waals surface area contributed by atoms with Gasteiger partial charge in [0.2, 0.25) is 0 Å². The number of para-hydroxylation sites is 1. The molecule has 9 aromatic rings. The standard InChI is InChI=1S/C40H21N3/c41-22-24-4-8-26(9-5-24)28-12-14-30-18-36-34-2-1-3-35-37-19-31-15-13-29(27-10-6-25(23-42)7-11-27)17-33(31)21-39(37)43(40(34)35)38(36)20-32(30)16-28/h1-21H. The van der Waals surface area contributed by atoms with Crippen molar-refractivity contribution < 1.29 is 0 Å².